The van der Waals surface area contributed by atoms with E-state index in [1.54, 1.807) is 0 Å². The van der Waals surface area contributed by atoms with Gasteiger partial charge >= 0.3 is 5.97 Å². The lowest BCUT2D eigenvalue weighted by Gasteiger charge is -2.28. The molecule has 0 N–H and O–H groups in total. The van der Waals surface area contributed by atoms with Crippen LogP contribution in [-0.2, 0) is 28.5 Å². The highest BCUT2D eigenvalue weighted by Crippen LogP contribution is 2.42. The van der Waals surface area contributed by atoms with E-state index in [1.165, 1.54) is 0 Å². The maximum Gasteiger partial charge on any atom is 0.338 e. The van der Waals surface area contributed by atoms with E-state index in [2.05, 4.69) is 13.8 Å². The fourth-order valence-corrected chi connectivity index (χ4v) is 3.75. The van der Waals surface area contributed by atoms with Gasteiger partial charge in [0.25, 0.3) is 0 Å². The Morgan fingerprint density at radius 1 is 0.957 bits per heavy atom. The molecule has 3 aliphatic rings. The first kappa shape index (κ1) is 17.1. The number of rotatable bonds is 6. The Morgan fingerprint density at radius 2 is 1.61 bits per heavy atom. The molecule has 0 bridgehead atoms. The van der Waals surface area contributed by atoms with Crippen molar-refractivity contribution in [3.05, 3.63) is 0 Å². The van der Waals surface area contributed by atoms with Crippen LogP contribution in [0.15, 0.2) is 0 Å². The van der Waals surface area contributed by atoms with Crippen LogP contribution in [-0.4, -0.2) is 48.6 Å². The summed E-state index contributed by atoms with van der Waals surface area (Å²) < 4.78 is 29.4. The normalized spacial score (nSPS) is 37.8. The monoisotopic (exact) mass is 328 g/mol. The van der Waals surface area contributed by atoms with Gasteiger partial charge in [0.15, 0.2) is 17.7 Å². The maximum atomic E-state index is 12.1. The van der Waals surface area contributed by atoms with Gasteiger partial charge in [-0.2, -0.15) is 0 Å². The standard InChI is InChI=1S/C17H28O6/c1-5-16(6-2)19-10-11(21-16)9-12-13-14(15(18)20-12)23-17(7-3,8-4)22-13/h11-14H,5-10H2,1-4H3/t11?,12-,13+,14+/m0/s1. The molecule has 6 heteroatoms. The lowest BCUT2D eigenvalue weighted by Crippen LogP contribution is -2.35. The lowest BCUT2D eigenvalue weighted by atomic mass is 10.1. The first-order valence-electron chi connectivity index (χ1n) is 8.88. The minimum absolute atomic E-state index is 0.0756. The molecule has 0 aromatic rings. The summed E-state index contributed by atoms with van der Waals surface area (Å²) in [4.78, 5) is 12.1. The van der Waals surface area contributed by atoms with Gasteiger partial charge in [-0.25, -0.2) is 4.79 Å². The molecular formula is C17H28O6. The third-order valence-electron chi connectivity index (χ3n) is 5.42. The van der Waals surface area contributed by atoms with E-state index in [4.69, 9.17) is 23.7 Å². The molecule has 0 aromatic heterocycles. The van der Waals surface area contributed by atoms with Crippen LogP contribution in [0.3, 0.4) is 0 Å². The number of carbonyl (C=O) groups excluding carboxylic acids is 1. The minimum Gasteiger partial charge on any atom is -0.457 e. The van der Waals surface area contributed by atoms with E-state index in [0.29, 0.717) is 25.9 Å². The van der Waals surface area contributed by atoms with Crippen LogP contribution in [0.5, 0.6) is 0 Å². The molecule has 0 aliphatic carbocycles. The van der Waals surface area contributed by atoms with E-state index < -0.39 is 17.7 Å². The van der Waals surface area contributed by atoms with Crippen LogP contribution in [0.4, 0.5) is 0 Å². The SMILES string of the molecule is CCC1(CC)OCC(C[C@@H]2OC(=O)[C@@H]3OC(CC)(CC)O[C@H]23)O1. The summed E-state index contributed by atoms with van der Waals surface area (Å²) in [5.41, 5.74) is 0. The first-order chi connectivity index (χ1) is 11.0. The predicted molar refractivity (Wildman–Crippen MR) is 81.7 cm³/mol. The Bertz CT molecular complexity index is 442. The van der Waals surface area contributed by atoms with Gasteiger partial charge in [-0.3, -0.25) is 0 Å². The summed E-state index contributed by atoms with van der Waals surface area (Å²) >= 11 is 0. The van der Waals surface area contributed by atoms with Crippen molar-refractivity contribution in [2.24, 2.45) is 0 Å². The molecule has 0 amide bonds. The number of hydrogen-bond acceptors (Lipinski definition) is 6. The van der Waals surface area contributed by atoms with E-state index >= 15 is 0 Å². The van der Waals surface area contributed by atoms with Crippen molar-refractivity contribution in [3.63, 3.8) is 0 Å². The zero-order valence-corrected chi connectivity index (χ0v) is 14.5. The average Bonchev–Trinajstić information content (AvgIpc) is 3.23. The van der Waals surface area contributed by atoms with Crippen molar-refractivity contribution in [3.8, 4) is 0 Å². The number of cyclic esters (lactones) is 1. The molecule has 0 spiro atoms. The Kier molecular flexibility index (Phi) is 4.71. The topological polar surface area (TPSA) is 63.2 Å². The van der Waals surface area contributed by atoms with Crippen LogP contribution in [0.2, 0.25) is 0 Å². The molecular weight excluding hydrogens is 300 g/mol. The fraction of sp³-hybridized carbons (Fsp3) is 0.941. The van der Waals surface area contributed by atoms with Crippen molar-refractivity contribution < 1.29 is 28.5 Å². The second-order valence-electron chi connectivity index (χ2n) is 6.62. The highest BCUT2D eigenvalue weighted by atomic mass is 16.8. The van der Waals surface area contributed by atoms with E-state index in [9.17, 15) is 4.79 Å². The van der Waals surface area contributed by atoms with Gasteiger partial charge in [0, 0.05) is 6.42 Å². The summed E-state index contributed by atoms with van der Waals surface area (Å²) in [7, 11) is 0. The summed E-state index contributed by atoms with van der Waals surface area (Å²) in [6, 6.07) is 0. The Balaban J connectivity index is 1.65. The zero-order chi connectivity index (χ0) is 16.7. The largest absolute Gasteiger partial charge is 0.457 e. The molecule has 0 saturated carbocycles. The molecule has 132 valence electrons. The van der Waals surface area contributed by atoms with Gasteiger partial charge in [-0.15, -0.1) is 0 Å². The van der Waals surface area contributed by atoms with E-state index in [0.717, 1.165) is 12.8 Å². The summed E-state index contributed by atoms with van der Waals surface area (Å²) in [5, 5.41) is 0. The number of carbonyl (C=O) groups is 1. The van der Waals surface area contributed by atoms with Gasteiger partial charge in [-0.05, 0) is 25.7 Å². The Morgan fingerprint density at radius 3 is 2.17 bits per heavy atom. The minimum atomic E-state index is -0.656. The van der Waals surface area contributed by atoms with Gasteiger partial charge < -0.3 is 23.7 Å². The second kappa shape index (κ2) is 6.31. The van der Waals surface area contributed by atoms with Crippen molar-refractivity contribution in [1.29, 1.82) is 0 Å². The van der Waals surface area contributed by atoms with Crippen LogP contribution in [0.25, 0.3) is 0 Å². The van der Waals surface area contributed by atoms with E-state index in [-0.39, 0.29) is 24.3 Å². The summed E-state index contributed by atoms with van der Waals surface area (Å²) in [6.45, 7) is 8.66. The van der Waals surface area contributed by atoms with Crippen molar-refractivity contribution >= 4 is 5.97 Å². The van der Waals surface area contributed by atoms with Gasteiger partial charge in [-0.1, -0.05) is 27.7 Å². The first-order valence-corrected chi connectivity index (χ1v) is 8.88. The van der Waals surface area contributed by atoms with Crippen LogP contribution < -0.4 is 0 Å². The van der Waals surface area contributed by atoms with Crippen molar-refractivity contribution in [2.45, 2.75) is 95.8 Å². The number of hydrogen-bond donors (Lipinski definition) is 0. The van der Waals surface area contributed by atoms with E-state index in [1.807, 2.05) is 13.8 Å². The highest BCUT2D eigenvalue weighted by molar-refractivity contribution is 5.78. The third kappa shape index (κ3) is 2.90. The molecule has 6 nitrogen and oxygen atoms in total. The highest BCUT2D eigenvalue weighted by Gasteiger charge is 2.58. The second-order valence-corrected chi connectivity index (χ2v) is 6.62. The molecule has 4 atom stereocenters. The molecule has 3 heterocycles. The number of fused-ring (bicyclic) bond motifs is 1. The lowest BCUT2D eigenvalue weighted by molar-refractivity contribution is -0.209. The average molecular weight is 328 g/mol. The molecule has 3 rings (SSSR count). The van der Waals surface area contributed by atoms with Crippen LogP contribution in [0, 0.1) is 0 Å². The van der Waals surface area contributed by atoms with Crippen molar-refractivity contribution in [1.82, 2.24) is 0 Å². The fourth-order valence-electron chi connectivity index (χ4n) is 3.75. The number of esters is 1. The molecule has 23 heavy (non-hydrogen) atoms. The van der Waals surface area contributed by atoms with Gasteiger partial charge in [0.2, 0.25) is 0 Å². The molecule has 0 radical (unpaired) electrons. The smallest absolute Gasteiger partial charge is 0.338 e. The molecule has 3 saturated heterocycles. The third-order valence-corrected chi connectivity index (χ3v) is 5.42. The predicted octanol–water partition coefficient (Wildman–Crippen LogP) is 2.53. The molecule has 3 fully saturated rings. The van der Waals surface area contributed by atoms with Crippen molar-refractivity contribution in [2.75, 3.05) is 6.61 Å². The quantitative estimate of drug-likeness (QED) is 0.698. The van der Waals surface area contributed by atoms with Gasteiger partial charge in [0.05, 0.1) is 12.7 Å². The summed E-state index contributed by atoms with van der Waals surface area (Å²) in [5.74, 6) is -1.47. The van der Waals surface area contributed by atoms with Crippen LogP contribution >= 0.6 is 0 Å². The Labute approximate surface area is 137 Å². The summed E-state index contributed by atoms with van der Waals surface area (Å²) in [6.07, 6.45) is 2.28. The maximum absolute atomic E-state index is 12.1. The van der Waals surface area contributed by atoms with Gasteiger partial charge in [0.1, 0.15) is 12.2 Å². The number of ether oxygens (including phenoxy) is 5. The van der Waals surface area contributed by atoms with Crippen LogP contribution in [0.1, 0.15) is 59.8 Å². The Hall–Kier alpha value is -0.690. The molecule has 1 unspecified atom stereocenters. The molecule has 3 aliphatic heterocycles. The molecule has 0 aromatic carbocycles. The zero-order valence-electron chi connectivity index (χ0n) is 14.5.